The normalized spacial score (nSPS) is 10.5. The van der Waals surface area contributed by atoms with E-state index in [2.05, 4.69) is 0 Å². The van der Waals surface area contributed by atoms with Crippen LogP contribution >= 0.6 is 0 Å². The summed E-state index contributed by atoms with van der Waals surface area (Å²) in [7, 11) is 0. The van der Waals surface area contributed by atoms with E-state index in [1.807, 2.05) is 30.3 Å². The molecule has 0 aliphatic rings. The van der Waals surface area contributed by atoms with Crippen molar-refractivity contribution in [3.63, 3.8) is 0 Å². The summed E-state index contributed by atoms with van der Waals surface area (Å²) in [5, 5.41) is 8.53. The van der Waals surface area contributed by atoms with Gasteiger partial charge in [0, 0.05) is 6.08 Å². The molecule has 0 heterocycles. The van der Waals surface area contributed by atoms with Crippen LogP contribution in [0.15, 0.2) is 60.7 Å². The standard InChI is InChI=1S/C17H14O4/c18-16(19)11-8-13-6-9-15(10-7-13)17(20)21-12-14-4-2-1-3-5-14/h1-11H,12H2,(H,18,19)/b11-8+. The molecule has 2 aromatic carbocycles. The fraction of sp³-hybridized carbons (Fsp3) is 0.0588. The van der Waals surface area contributed by atoms with Crippen molar-refractivity contribution < 1.29 is 19.4 Å². The minimum absolute atomic E-state index is 0.223. The van der Waals surface area contributed by atoms with Gasteiger partial charge < -0.3 is 9.84 Å². The molecule has 0 radical (unpaired) electrons. The molecule has 0 atom stereocenters. The van der Waals surface area contributed by atoms with Gasteiger partial charge in [-0.25, -0.2) is 9.59 Å². The van der Waals surface area contributed by atoms with Crippen LogP contribution in [-0.4, -0.2) is 17.0 Å². The molecule has 0 aliphatic heterocycles. The molecule has 0 aromatic heterocycles. The molecule has 21 heavy (non-hydrogen) atoms. The topological polar surface area (TPSA) is 63.6 Å². The van der Waals surface area contributed by atoms with Gasteiger partial charge in [-0.3, -0.25) is 0 Å². The third-order valence-electron chi connectivity index (χ3n) is 2.78. The maximum Gasteiger partial charge on any atom is 0.338 e. The minimum Gasteiger partial charge on any atom is -0.478 e. The molecule has 1 N–H and O–H groups in total. The number of hydrogen-bond donors (Lipinski definition) is 1. The van der Waals surface area contributed by atoms with E-state index < -0.39 is 11.9 Å². The van der Waals surface area contributed by atoms with Crippen molar-refractivity contribution in [2.45, 2.75) is 6.61 Å². The van der Waals surface area contributed by atoms with Crippen LogP contribution in [0, 0.1) is 0 Å². The highest BCUT2D eigenvalue weighted by atomic mass is 16.5. The molecule has 0 bridgehead atoms. The van der Waals surface area contributed by atoms with E-state index >= 15 is 0 Å². The van der Waals surface area contributed by atoms with E-state index in [-0.39, 0.29) is 6.61 Å². The lowest BCUT2D eigenvalue weighted by molar-refractivity contribution is -0.131. The minimum atomic E-state index is -1.01. The summed E-state index contributed by atoms with van der Waals surface area (Å²) in [4.78, 5) is 22.3. The first-order valence-corrected chi connectivity index (χ1v) is 6.37. The fourth-order valence-corrected chi connectivity index (χ4v) is 1.70. The van der Waals surface area contributed by atoms with Gasteiger partial charge in [0.1, 0.15) is 6.61 Å². The number of aliphatic carboxylic acids is 1. The Morgan fingerprint density at radius 3 is 2.29 bits per heavy atom. The summed E-state index contributed by atoms with van der Waals surface area (Å²) in [5.41, 5.74) is 2.06. The van der Waals surface area contributed by atoms with Crippen molar-refractivity contribution >= 4 is 18.0 Å². The van der Waals surface area contributed by atoms with Crippen LogP contribution in [0.2, 0.25) is 0 Å². The van der Waals surface area contributed by atoms with Crippen molar-refractivity contribution in [2.24, 2.45) is 0 Å². The molecule has 4 heteroatoms. The van der Waals surface area contributed by atoms with Gasteiger partial charge in [0.15, 0.2) is 0 Å². The number of esters is 1. The molecular weight excluding hydrogens is 268 g/mol. The molecule has 0 saturated carbocycles. The third kappa shape index (κ3) is 4.62. The summed E-state index contributed by atoms with van der Waals surface area (Å²) in [6, 6.07) is 16.0. The van der Waals surface area contributed by atoms with Gasteiger partial charge in [-0.2, -0.15) is 0 Å². The lowest BCUT2D eigenvalue weighted by atomic mass is 10.1. The van der Waals surface area contributed by atoms with E-state index in [0.29, 0.717) is 11.1 Å². The second kappa shape index (κ2) is 7.05. The number of ether oxygens (including phenoxy) is 1. The lowest BCUT2D eigenvalue weighted by Crippen LogP contribution is -2.05. The Bertz CT molecular complexity index is 642. The Hall–Kier alpha value is -2.88. The Morgan fingerprint density at radius 2 is 1.67 bits per heavy atom. The number of rotatable bonds is 5. The monoisotopic (exact) mass is 282 g/mol. The van der Waals surface area contributed by atoms with Crippen molar-refractivity contribution in [1.82, 2.24) is 0 Å². The number of carboxylic acids is 1. The Labute approximate surface area is 122 Å². The predicted octanol–water partition coefficient (Wildman–Crippen LogP) is 3.14. The van der Waals surface area contributed by atoms with E-state index in [1.165, 1.54) is 6.08 Å². The molecule has 2 aromatic rings. The van der Waals surface area contributed by atoms with Crippen LogP contribution in [0.5, 0.6) is 0 Å². The largest absolute Gasteiger partial charge is 0.478 e. The lowest BCUT2D eigenvalue weighted by Gasteiger charge is -2.05. The average molecular weight is 282 g/mol. The molecule has 0 spiro atoms. The van der Waals surface area contributed by atoms with Crippen LogP contribution in [0.3, 0.4) is 0 Å². The smallest absolute Gasteiger partial charge is 0.338 e. The summed E-state index contributed by atoms with van der Waals surface area (Å²) in [6.45, 7) is 0.223. The molecular formula is C17H14O4. The molecule has 0 fully saturated rings. The number of benzene rings is 2. The quantitative estimate of drug-likeness (QED) is 0.676. The van der Waals surface area contributed by atoms with E-state index in [4.69, 9.17) is 9.84 Å². The summed E-state index contributed by atoms with van der Waals surface area (Å²) < 4.78 is 5.20. The summed E-state index contributed by atoms with van der Waals surface area (Å²) >= 11 is 0. The molecule has 106 valence electrons. The summed E-state index contributed by atoms with van der Waals surface area (Å²) in [6.07, 6.45) is 2.50. The molecule has 0 amide bonds. The van der Waals surface area contributed by atoms with Gasteiger partial charge in [-0.15, -0.1) is 0 Å². The highest BCUT2D eigenvalue weighted by Gasteiger charge is 2.06. The molecule has 0 aliphatic carbocycles. The summed E-state index contributed by atoms with van der Waals surface area (Å²) in [5.74, 6) is -1.42. The van der Waals surface area contributed by atoms with Crippen LogP contribution in [-0.2, 0) is 16.1 Å². The number of carbonyl (C=O) groups excluding carboxylic acids is 1. The highest BCUT2D eigenvalue weighted by Crippen LogP contribution is 2.09. The van der Waals surface area contributed by atoms with Gasteiger partial charge in [-0.05, 0) is 29.3 Å². The van der Waals surface area contributed by atoms with Gasteiger partial charge in [0.25, 0.3) is 0 Å². The van der Waals surface area contributed by atoms with Gasteiger partial charge >= 0.3 is 11.9 Å². The zero-order valence-corrected chi connectivity index (χ0v) is 11.2. The van der Waals surface area contributed by atoms with Crippen LogP contribution in [0.4, 0.5) is 0 Å². The zero-order chi connectivity index (χ0) is 15.1. The van der Waals surface area contributed by atoms with E-state index in [1.54, 1.807) is 24.3 Å². The number of carboxylic acid groups (broad SMARTS) is 1. The van der Waals surface area contributed by atoms with Gasteiger partial charge in [0.2, 0.25) is 0 Å². The van der Waals surface area contributed by atoms with Crippen molar-refractivity contribution in [3.05, 3.63) is 77.4 Å². The average Bonchev–Trinajstić information content (AvgIpc) is 2.52. The first kappa shape index (κ1) is 14.5. The molecule has 0 saturated heterocycles. The van der Waals surface area contributed by atoms with E-state index in [9.17, 15) is 9.59 Å². The van der Waals surface area contributed by atoms with Crippen molar-refractivity contribution in [1.29, 1.82) is 0 Å². The van der Waals surface area contributed by atoms with Gasteiger partial charge in [-0.1, -0.05) is 42.5 Å². The fourth-order valence-electron chi connectivity index (χ4n) is 1.70. The Morgan fingerprint density at radius 1 is 1.00 bits per heavy atom. The first-order chi connectivity index (χ1) is 10.1. The highest BCUT2D eigenvalue weighted by molar-refractivity contribution is 5.90. The maximum absolute atomic E-state index is 11.9. The molecule has 0 unspecified atom stereocenters. The first-order valence-electron chi connectivity index (χ1n) is 6.37. The zero-order valence-electron chi connectivity index (χ0n) is 11.2. The number of hydrogen-bond acceptors (Lipinski definition) is 3. The van der Waals surface area contributed by atoms with Crippen LogP contribution < -0.4 is 0 Å². The van der Waals surface area contributed by atoms with Crippen LogP contribution in [0.1, 0.15) is 21.5 Å². The Kier molecular flexibility index (Phi) is 4.88. The van der Waals surface area contributed by atoms with E-state index in [0.717, 1.165) is 11.6 Å². The van der Waals surface area contributed by atoms with Gasteiger partial charge in [0.05, 0.1) is 5.56 Å². The van der Waals surface area contributed by atoms with Crippen molar-refractivity contribution in [2.75, 3.05) is 0 Å². The SMILES string of the molecule is O=C(O)/C=C/c1ccc(C(=O)OCc2ccccc2)cc1. The second-order valence-corrected chi connectivity index (χ2v) is 4.36. The molecule has 4 nitrogen and oxygen atoms in total. The molecule has 2 rings (SSSR count). The third-order valence-corrected chi connectivity index (χ3v) is 2.78. The van der Waals surface area contributed by atoms with Crippen LogP contribution in [0.25, 0.3) is 6.08 Å². The van der Waals surface area contributed by atoms with Crippen molar-refractivity contribution in [3.8, 4) is 0 Å². The number of carbonyl (C=O) groups is 2. The maximum atomic E-state index is 11.9. The predicted molar refractivity (Wildman–Crippen MR) is 78.7 cm³/mol. The Balaban J connectivity index is 1.95. The second-order valence-electron chi connectivity index (χ2n) is 4.36.